The first-order valence-electron chi connectivity index (χ1n) is 8.73. The Bertz CT molecular complexity index is 852. The molecule has 5 nitrogen and oxygen atoms in total. The number of rotatable bonds is 4. The van der Waals surface area contributed by atoms with E-state index in [1.54, 1.807) is 0 Å². The van der Waals surface area contributed by atoms with Crippen molar-refractivity contribution in [1.82, 2.24) is 14.3 Å². The quantitative estimate of drug-likeness (QED) is 0.730. The number of likely N-dealkylation sites (tertiary alicyclic amines) is 1. The maximum atomic E-state index is 13.0. The van der Waals surface area contributed by atoms with Crippen LogP contribution in [0.15, 0.2) is 54.9 Å². The zero-order valence-electron chi connectivity index (χ0n) is 14.3. The molecule has 1 atom stereocenters. The summed E-state index contributed by atoms with van der Waals surface area (Å²) in [6, 6.07) is 13.9. The van der Waals surface area contributed by atoms with E-state index in [1.165, 1.54) is 0 Å². The number of benzene rings is 1. The number of ether oxygens (including phenoxy) is 1. The van der Waals surface area contributed by atoms with E-state index in [4.69, 9.17) is 4.74 Å². The predicted molar refractivity (Wildman–Crippen MR) is 95.8 cm³/mol. The molecule has 0 unspecified atom stereocenters. The van der Waals surface area contributed by atoms with Gasteiger partial charge >= 0.3 is 0 Å². The van der Waals surface area contributed by atoms with Gasteiger partial charge in [-0.1, -0.05) is 18.2 Å². The Morgan fingerprint density at radius 3 is 2.84 bits per heavy atom. The molecular formula is C20H21N3O2. The van der Waals surface area contributed by atoms with E-state index in [0.29, 0.717) is 12.3 Å². The van der Waals surface area contributed by atoms with E-state index in [-0.39, 0.29) is 11.9 Å². The molecule has 0 radical (unpaired) electrons. The van der Waals surface area contributed by atoms with Crippen LogP contribution in [0.4, 0.5) is 0 Å². The summed E-state index contributed by atoms with van der Waals surface area (Å²) in [6.07, 6.45) is 5.71. The molecule has 1 aliphatic heterocycles. The molecule has 0 aliphatic carbocycles. The Morgan fingerprint density at radius 1 is 1.24 bits per heavy atom. The molecule has 25 heavy (non-hydrogen) atoms. The first-order valence-corrected chi connectivity index (χ1v) is 8.73. The van der Waals surface area contributed by atoms with Gasteiger partial charge in [0.15, 0.2) is 0 Å². The van der Waals surface area contributed by atoms with Gasteiger partial charge in [-0.25, -0.2) is 4.98 Å². The first-order chi connectivity index (χ1) is 12.3. The summed E-state index contributed by atoms with van der Waals surface area (Å²) in [5.74, 6) is 0.863. The summed E-state index contributed by atoms with van der Waals surface area (Å²) in [5, 5.41) is 0. The molecule has 3 aromatic rings. The van der Waals surface area contributed by atoms with Gasteiger partial charge in [0.2, 0.25) is 0 Å². The van der Waals surface area contributed by atoms with Crippen LogP contribution in [0.1, 0.15) is 41.9 Å². The number of hydrogen-bond donors (Lipinski definition) is 0. The van der Waals surface area contributed by atoms with Crippen molar-refractivity contribution in [2.75, 3.05) is 13.2 Å². The molecule has 0 bridgehead atoms. The van der Waals surface area contributed by atoms with E-state index in [9.17, 15) is 4.79 Å². The number of imidazole rings is 1. The van der Waals surface area contributed by atoms with E-state index in [1.807, 2.05) is 58.9 Å². The summed E-state index contributed by atoms with van der Waals surface area (Å²) in [6.45, 7) is 3.39. The van der Waals surface area contributed by atoms with Crippen molar-refractivity contribution < 1.29 is 9.53 Å². The number of amides is 1. The summed E-state index contributed by atoms with van der Waals surface area (Å²) in [7, 11) is 0. The van der Waals surface area contributed by atoms with Gasteiger partial charge in [-0.2, -0.15) is 0 Å². The number of pyridine rings is 1. The van der Waals surface area contributed by atoms with Gasteiger partial charge in [0, 0.05) is 18.9 Å². The fourth-order valence-corrected chi connectivity index (χ4v) is 3.49. The van der Waals surface area contributed by atoms with Gasteiger partial charge in [-0.05, 0) is 49.6 Å². The van der Waals surface area contributed by atoms with Crippen LogP contribution >= 0.6 is 0 Å². The van der Waals surface area contributed by atoms with Gasteiger partial charge in [0.25, 0.3) is 5.91 Å². The SMILES string of the molecule is CCOc1ccc([C@@H]2CCCN2C(=O)c2cn3ccccc3n2)cc1. The smallest absolute Gasteiger partial charge is 0.274 e. The number of carbonyl (C=O) groups is 1. The minimum Gasteiger partial charge on any atom is -0.494 e. The zero-order valence-corrected chi connectivity index (χ0v) is 14.3. The lowest BCUT2D eigenvalue weighted by Gasteiger charge is -2.24. The first kappa shape index (κ1) is 15.7. The highest BCUT2D eigenvalue weighted by molar-refractivity contribution is 5.93. The molecule has 5 heteroatoms. The molecule has 4 rings (SSSR count). The Balaban J connectivity index is 1.58. The van der Waals surface area contributed by atoms with Crippen LogP contribution in [0.2, 0.25) is 0 Å². The molecular weight excluding hydrogens is 314 g/mol. The third kappa shape index (κ3) is 2.97. The highest BCUT2D eigenvalue weighted by Gasteiger charge is 2.31. The second-order valence-corrected chi connectivity index (χ2v) is 6.25. The van der Waals surface area contributed by atoms with Crippen molar-refractivity contribution in [3.63, 3.8) is 0 Å². The Kier molecular flexibility index (Phi) is 4.14. The van der Waals surface area contributed by atoms with Crippen LogP contribution in [-0.4, -0.2) is 33.3 Å². The normalized spacial score (nSPS) is 17.2. The molecule has 1 amide bonds. The maximum Gasteiger partial charge on any atom is 0.274 e. The third-order valence-corrected chi connectivity index (χ3v) is 4.67. The molecule has 1 fully saturated rings. The Morgan fingerprint density at radius 2 is 2.08 bits per heavy atom. The molecule has 0 N–H and O–H groups in total. The van der Waals surface area contributed by atoms with E-state index >= 15 is 0 Å². The van der Waals surface area contributed by atoms with Crippen molar-refractivity contribution >= 4 is 11.6 Å². The van der Waals surface area contributed by atoms with Crippen LogP contribution in [0, 0.1) is 0 Å². The van der Waals surface area contributed by atoms with E-state index < -0.39 is 0 Å². The highest BCUT2D eigenvalue weighted by atomic mass is 16.5. The van der Waals surface area contributed by atoms with Gasteiger partial charge in [0.1, 0.15) is 17.1 Å². The largest absolute Gasteiger partial charge is 0.494 e. The topological polar surface area (TPSA) is 46.8 Å². The van der Waals surface area contributed by atoms with Gasteiger partial charge in [-0.15, -0.1) is 0 Å². The van der Waals surface area contributed by atoms with Crippen molar-refractivity contribution in [2.45, 2.75) is 25.8 Å². The Labute approximate surface area is 146 Å². The average molecular weight is 335 g/mol. The fraction of sp³-hybridized carbons (Fsp3) is 0.300. The summed E-state index contributed by atoms with van der Waals surface area (Å²) < 4.78 is 7.39. The summed E-state index contributed by atoms with van der Waals surface area (Å²) in [4.78, 5) is 19.4. The molecule has 0 spiro atoms. The molecule has 1 aromatic carbocycles. The lowest BCUT2D eigenvalue weighted by molar-refractivity contribution is 0.0730. The minimum absolute atomic E-state index is 0.0000784. The molecule has 128 valence electrons. The van der Waals surface area contributed by atoms with Crippen molar-refractivity contribution in [1.29, 1.82) is 0 Å². The molecule has 3 heterocycles. The number of hydrogen-bond acceptors (Lipinski definition) is 3. The minimum atomic E-state index is 0.0000784. The van der Waals surface area contributed by atoms with Crippen LogP contribution in [0.25, 0.3) is 5.65 Å². The van der Waals surface area contributed by atoms with E-state index in [0.717, 1.165) is 36.3 Å². The third-order valence-electron chi connectivity index (χ3n) is 4.67. The molecule has 0 saturated carbocycles. The van der Waals surface area contributed by atoms with Gasteiger partial charge < -0.3 is 14.0 Å². The van der Waals surface area contributed by atoms with E-state index in [2.05, 4.69) is 17.1 Å². The zero-order chi connectivity index (χ0) is 17.2. The highest BCUT2D eigenvalue weighted by Crippen LogP contribution is 2.33. The van der Waals surface area contributed by atoms with Crippen LogP contribution < -0.4 is 4.74 Å². The number of nitrogens with zero attached hydrogens (tertiary/aromatic N) is 3. The monoisotopic (exact) mass is 335 g/mol. The van der Waals surface area contributed by atoms with Crippen molar-refractivity contribution in [3.05, 3.63) is 66.1 Å². The number of aromatic nitrogens is 2. The standard InChI is InChI=1S/C20H21N3O2/c1-2-25-16-10-8-15(9-11-16)18-6-5-13-23(18)20(24)17-14-22-12-4-3-7-19(22)21-17/h3-4,7-12,14,18H,2,5-6,13H2,1H3/t18-/m0/s1. The van der Waals surface area contributed by atoms with Crippen LogP contribution in [-0.2, 0) is 0 Å². The predicted octanol–water partition coefficient (Wildman–Crippen LogP) is 3.71. The lowest BCUT2D eigenvalue weighted by atomic mass is 10.0. The number of carbonyl (C=O) groups excluding carboxylic acids is 1. The van der Waals surface area contributed by atoms with Crippen molar-refractivity contribution in [3.8, 4) is 5.75 Å². The lowest BCUT2D eigenvalue weighted by Crippen LogP contribution is -2.30. The molecule has 1 saturated heterocycles. The van der Waals surface area contributed by atoms with Gasteiger partial charge in [-0.3, -0.25) is 4.79 Å². The van der Waals surface area contributed by atoms with Crippen molar-refractivity contribution in [2.24, 2.45) is 0 Å². The molecule has 1 aliphatic rings. The number of fused-ring (bicyclic) bond motifs is 1. The second-order valence-electron chi connectivity index (χ2n) is 6.25. The fourth-order valence-electron chi connectivity index (χ4n) is 3.49. The second kappa shape index (κ2) is 6.59. The van der Waals surface area contributed by atoms with Gasteiger partial charge in [0.05, 0.1) is 12.6 Å². The summed E-state index contributed by atoms with van der Waals surface area (Å²) >= 11 is 0. The summed E-state index contributed by atoms with van der Waals surface area (Å²) in [5.41, 5.74) is 2.45. The molecule has 2 aromatic heterocycles. The average Bonchev–Trinajstić information content (AvgIpc) is 3.29. The van der Waals surface area contributed by atoms with Crippen LogP contribution in [0.3, 0.4) is 0 Å². The maximum absolute atomic E-state index is 13.0. The Hall–Kier alpha value is -2.82. The van der Waals surface area contributed by atoms with Crippen LogP contribution in [0.5, 0.6) is 5.75 Å².